The van der Waals surface area contributed by atoms with Crippen LogP contribution in [-0.4, -0.2) is 44.8 Å². The zero-order chi connectivity index (χ0) is 15.1. The second-order valence-electron chi connectivity index (χ2n) is 5.72. The van der Waals surface area contributed by atoms with Gasteiger partial charge in [0.05, 0.1) is 14.2 Å². The summed E-state index contributed by atoms with van der Waals surface area (Å²) in [7, 11) is 3.37. The highest BCUT2D eigenvalue weighted by atomic mass is 16.5. The first-order valence-electron chi connectivity index (χ1n) is 7.97. The van der Waals surface area contributed by atoms with Gasteiger partial charge in [0, 0.05) is 36.5 Å². The molecule has 0 aromatic heterocycles. The van der Waals surface area contributed by atoms with Gasteiger partial charge >= 0.3 is 0 Å². The zero-order valence-corrected chi connectivity index (χ0v) is 13.5. The van der Waals surface area contributed by atoms with Gasteiger partial charge in [-0.1, -0.05) is 6.92 Å². The molecule has 1 aliphatic heterocycles. The second-order valence-corrected chi connectivity index (χ2v) is 5.72. The number of nitrogens with zero attached hydrogens (tertiary/aromatic N) is 1. The maximum atomic E-state index is 5.33. The van der Waals surface area contributed by atoms with Gasteiger partial charge in [-0.2, -0.15) is 0 Å². The topological polar surface area (TPSA) is 33.7 Å². The molecule has 1 heterocycles. The van der Waals surface area contributed by atoms with Crippen LogP contribution in [0, 0.1) is 0 Å². The molecule has 1 saturated heterocycles. The number of hydrogen-bond donors (Lipinski definition) is 1. The summed E-state index contributed by atoms with van der Waals surface area (Å²) in [5, 5.41) is 3.65. The predicted octanol–water partition coefficient (Wildman–Crippen LogP) is 3.38. The van der Waals surface area contributed by atoms with Crippen LogP contribution in [0.1, 0.15) is 32.6 Å². The van der Waals surface area contributed by atoms with E-state index < -0.39 is 0 Å². The lowest BCUT2D eigenvalue weighted by Gasteiger charge is -2.20. The van der Waals surface area contributed by atoms with Crippen LogP contribution >= 0.6 is 0 Å². The summed E-state index contributed by atoms with van der Waals surface area (Å²) in [6, 6.07) is 6.51. The SMILES string of the molecule is CCCN1CCCC(Nc2cc(OC)cc(OC)c2)CC1. The summed E-state index contributed by atoms with van der Waals surface area (Å²) in [5.74, 6) is 1.66. The maximum absolute atomic E-state index is 5.33. The molecule has 4 nitrogen and oxygen atoms in total. The van der Waals surface area contributed by atoms with Crippen LogP contribution < -0.4 is 14.8 Å². The Morgan fingerprint density at radius 2 is 1.81 bits per heavy atom. The lowest BCUT2D eigenvalue weighted by molar-refractivity contribution is 0.285. The van der Waals surface area contributed by atoms with Crippen LogP contribution in [0.15, 0.2) is 18.2 Å². The van der Waals surface area contributed by atoms with Crippen LogP contribution in [-0.2, 0) is 0 Å². The fraction of sp³-hybridized carbons (Fsp3) is 0.647. The molecule has 0 aliphatic carbocycles. The number of likely N-dealkylation sites (tertiary alicyclic amines) is 1. The number of methoxy groups -OCH3 is 2. The molecule has 1 N–H and O–H groups in total. The van der Waals surface area contributed by atoms with E-state index in [-0.39, 0.29) is 0 Å². The Kier molecular flexibility index (Phi) is 6.18. The minimum absolute atomic E-state index is 0.531. The number of benzene rings is 1. The highest BCUT2D eigenvalue weighted by molar-refractivity contribution is 5.54. The number of anilines is 1. The number of ether oxygens (including phenoxy) is 2. The molecule has 1 aliphatic rings. The Labute approximate surface area is 128 Å². The van der Waals surface area contributed by atoms with E-state index in [1.807, 2.05) is 18.2 Å². The monoisotopic (exact) mass is 292 g/mol. The van der Waals surface area contributed by atoms with Gasteiger partial charge in [-0.3, -0.25) is 0 Å². The zero-order valence-electron chi connectivity index (χ0n) is 13.5. The average molecular weight is 292 g/mol. The Morgan fingerprint density at radius 1 is 1.10 bits per heavy atom. The van der Waals surface area contributed by atoms with Gasteiger partial charge in [-0.05, 0) is 38.8 Å². The van der Waals surface area contributed by atoms with E-state index in [1.54, 1.807) is 14.2 Å². The van der Waals surface area contributed by atoms with Gasteiger partial charge in [-0.15, -0.1) is 0 Å². The molecule has 0 amide bonds. The largest absolute Gasteiger partial charge is 0.497 e. The summed E-state index contributed by atoms with van der Waals surface area (Å²) in [4.78, 5) is 2.58. The van der Waals surface area contributed by atoms with Crippen molar-refractivity contribution >= 4 is 5.69 Å². The van der Waals surface area contributed by atoms with Gasteiger partial charge < -0.3 is 19.7 Å². The summed E-state index contributed by atoms with van der Waals surface area (Å²) in [6.45, 7) is 5.89. The molecule has 1 aromatic rings. The van der Waals surface area contributed by atoms with Crippen molar-refractivity contribution in [3.63, 3.8) is 0 Å². The second kappa shape index (κ2) is 8.13. The van der Waals surface area contributed by atoms with Crippen molar-refractivity contribution in [3.8, 4) is 11.5 Å². The van der Waals surface area contributed by atoms with Crippen LogP contribution in [0.2, 0.25) is 0 Å². The molecule has 4 heteroatoms. The molecular weight excluding hydrogens is 264 g/mol. The fourth-order valence-corrected chi connectivity index (χ4v) is 2.97. The van der Waals surface area contributed by atoms with Crippen LogP contribution in [0.25, 0.3) is 0 Å². The third-order valence-electron chi connectivity index (χ3n) is 4.08. The number of rotatable bonds is 6. The molecule has 0 radical (unpaired) electrons. The van der Waals surface area contributed by atoms with E-state index in [9.17, 15) is 0 Å². The minimum atomic E-state index is 0.531. The first kappa shape index (κ1) is 16.0. The van der Waals surface area contributed by atoms with Gasteiger partial charge in [0.2, 0.25) is 0 Å². The number of hydrogen-bond acceptors (Lipinski definition) is 4. The van der Waals surface area contributed by atoms with Crippen molar-refractivity contribution in [2.24, 2.45) is 0 Å². The standard InChI is InChI=1S/C17H28N2O2/c1-4-8-19-9-5-6-14(7-10-19)18-15-11-16(20-2)13-17(12-15)21-3/h11-14,18H,4-10H2,1-3H3. The molecule has 0 spiro atoms. The predicted molar refractivity (Wildman–Crippen MR) is 87.5 cm³/mol. The molecule has 118 valence electrons. The van der Waals surface area contributed by atoms with Crippen molar-refractivity contribution in [2.75, 3.05) is 39.2 Å². The van der Waals surface area contributed by atoms with Crippen LogP contribution in [0.4, 0.5) is 5.69 Å². The Balaban J connectivity index is 1.97. The summed E-state index contributed by atoms with van der Waals surface area (Å²) in [6.07, 6.45) is 4.92. The van der Waals surface area contributed by atoms with Crippen LogP contribution in [0.3, 0.4) is 0 Å². The van der Waals surface area contributed by atoms with E-state index in [0.717, 1.165) is 17.2 Å². The molecule has 1 aromatic carbocycles. The van der Waals surface area contributed by atoms with Crippen molar-refractivity contribution in [1.29, 1.82) is 0 Å². The van der Waals surface area contributed by atoms with Crippen molar-refractivity contribution in [1.82, 2.24) is 4.90 Å². The van der Waals surface area contributed by atoms with Gasteiger partial charge in [0.15, 0.2) is 0 Å². The van der Waals surface area contributed by atoms with E-state index in [2.05, 4.69) is 17.1 Å². The lowest BCUT2D eigenvalue weighted by Crippen LogP contribution is -2.27. The van der Waals surface area contributed by atoms with E-state index >= 15 is 0 Å². The molecule has 0 bridgehead atoms. The average Bonchev–Trinajstić information content (AvgIpc) is 2.73. The normalized spacial score (nSPS) is 19.9. The van der Waals surface area contributed by atoms with Crippen LogP contribution in [0.5, 0.6) is 11.5 Å². The quantitative estimate of drug-likeness (QED) is 0.871. The highest BCUT2D eigenvalue weighted by Gasteiger charge is 2.16. The molecule has 2 rings (SSSR count). The Bertz CT molecular complexity index is 415. The van der Waals surface area contributed by atoms with Gasteiger partial charge in [0.1, 0.15) is 11.5 Å². The van der Waals surface area contributed by atoms with Crippen molar-refractivity contribution in [2.45, 2.75) is 38.6 Å². The summed E-state index contributed by atoms with van der Waals surface area (Å²) >= 11 is 0. The third kappa shape index (κ3) is 4.81. The highest BCUT2D eigenvalue weighted by Crippen LogP contribution is 2.27. The van der Waals surface area contributed by atoms with Crippen molar-refractivity contribution in [3.05, 3.63) is 18.2 Å². The lowest BCUT2D eigenvalue weighted by atomic mass is 10.1. The van der Waals surface area contributed by atoms with Gasteiger partial charge in [0.25, 0.3) is 0 Å². The summed E-state index contributed by atoms with van der Waals surface area (Å²) < 4.78 is 10.7. The Morgan fingerprint density at radius 3 is 2.43 bits per heavy atom. The van der Waals surface area contributed by atoms with Crippen molar-refractivity contribution < 1.29 is 9.47 Å². The minimum Gasteiger partial charge on any atom is -0.497 e. The molecule has 21 heavy (non-hydrogen) atoms. The molecule has 1 fully saturated rings. The fourth-order valence-electron chi connectivity index (χ4n) is 2.97. The smallest absolute Gasteiger partial charge is 0.124 e. The molecule has 1 unspecified atom stereocenters. The first-order valence-corrected chi connectivity index (χ1v) is 7.97. The first-order chi connectivity index (χ1) is 10.2. The van der Waals surface area contributed by atoms with E-state index in [0.29, 0.717) is 6.04 Å². The maximum Gasteiger partial charge on any atom is 0.124 e. The Hall–Kier alpha value is -1.42. The summed E-state index contributed by atoms with van der Waals surface area (Å²) in [5.41, 5.74) is 1.08. The van der Waals surface area contributed by atoms with Gasteiger partial charge in [-0.25, -0.2) is 0 Å². The molecular formula is C17H28N2O2. The van der Waals surface area contributed by atoms with E-state index in [1.165, 1.54) is 45.3 Å². The third-order valence-corrected chi connectivity index (χ3v) is 4.08. The molecule has 1 atom stereocenters. The molecule has 0 saturated carbocycles. The number of nitrogens with one attached hydrogen (secondary N) is 1. The van der Waals surface area contributed by atoms with E-state index in [4.69, 9.17) is 9.47 Å².